The van der Waals surface area contributed by atoms with Gasteiger partial charge in [-0.15, -0.1) is 0 Å². The summed E-state index contributed by atoms with van der Waals surface area (Å²) in [5.74, 6) is 0. The van der Waals surface area contributed by atoms with Crippen molar-refractivity contribution in [2.75, 3.05) is 0 Å². The van der Waals surface area contributed by atoms with E-state index in [-0.39, 0.29) is 6.42 Å². The van der Waals surface area contributed by atoms with Gasteiger partial charge in [-0.1, -0.05) is 0 Å². The lowest BCUT2D eigenvalue weighted by atomic mass is 10.2. The van der Waals surface area contributed by atoms with E-state index in [0.717, 1.165) is 0 Å². The maximum absolute atomic E-state index is 9.91. The van der Waals surface area contributed by atoms with E-state index < -0.39 is 24.8 Å². The molecule has 68 valence electrons. The maximum Gasteiger partial charge on any atom is 0.507 e. The molecule has 0 bridgehead atoms. The van der Waals surface area contributed by atoms with Crippen LogP contribution < -0.4 is 5.32 Å². The molecule has 7 heteroatoms. The van der Waals surface area contributed by atoms with Crippen LogP contribution in [-0.2, 0) is 9.47 Å². The van der Waals surface area contributed by atoms with Crippen molar-refractivity contribution in [1.82, 2.24) is 5.32 Å². The Kier molecular flexibility index (Phi) is 2.34. The molecule has 1 aliphatic heterocycles. The van der Waals surface area contributed by atoms with Gasteiger partial charge in [-0.2, -0.15) is 0 Å². The van der Waals surface area contributed by atoms with Gasteiger partial charge in [0.1, 0.15) is 0 Å². The molecule has 2 atom stereocenters. The first kappa shape index (κ1) is 8.60. The predicted octanol–water partition coefficient (Wildman–Crippen LogP) is 0.0211. The lowest BCUT2D eigenvalue weighted by Crippen LogP contribution is -2.56. The number of ether oxygens (including phenoxy) is 2. The Bertz CT molecular complexity index is 178. The first-order chi connectivity index (χ1) is 5.58. The van der Waals surface area contributed by atoms with Crippen LogP contribution in [0.25, 0.3) is 0 Å². The SMILES string of the molecule is O=C(O)O[C@@H]1C[C@H](OC(=O)O)N1. The predicted molar refractivity (Wildman–Crippen MR) is 33.5 cm³/mol. The normalized spacial score (nSPS) is 27.0. The summed E-state index contributed by atoms with van der Waals surface area (Å²) in [6.07, 6.45) is -3.92. The fourth-order valence-corrected chi connectivity index (χ4v) is 0.785. The van der Waals surface area contributed by atoms with E-state index in [1.165, 1.54) is 0 Å². The molecule has 0 aromatic carbocycles. The zero-order chi connectivity index (χ0) is 9.14. The molecule has 0 amide bonds. The monoisotopic (exact) mass is 177 g/mol. The second-order valence-corrected chi connectivity index (χ2v) is 2.15. The van der Waals surface area contributed by atoms with Crippen molar-refractivity contribution in [3.05, 3.63) is 0 Å². The third-order valence-electron chi connectivity index (χ3n) is 1.29. The van der Waals surface area contributed by atoms with Gasteiger partial charge in [0.15, 0.2) is 12.5 Å². The van der Waals surface area contributed by atoms with Gasteiger partial charge >= 0.3 is 12.3 Å². The van der Waals surface area contributed by atoms with E-state index >= 15 is 0 Å². The Morgan fingerprint density at radius 1 is 1.17 bits per heavy atom. The zero-order valence-electron chi connectivity index (χ0n) is 5.89. The highest BCUT2D eigenvalue weighted by molar-refractivity contribution is 5.58. The Morgan fingerprint density at radius 3 is 1.75 bits per heavy atom. The highest BCUT2D eigenvalue weighted by Crippen LogP contribution is 2.13. The molecule has 1 aliphatic rings. The van der Waals surface area contributed by atoms with Gasteiger partial charge in [0.05, 0.1) is 0 Å². The minimum Gasteiger partial charge on any atom is -0.450 e. The average Bonchev–Trinajstić information content (AvgIpc) is 1.80. The summed E-state index contributed by atoms with van der Waals surface area (Å²) in [5, 5.41) is 18.6. The summed E-state index contributed by atoms with van der Waals surface area (Å²) in [6, 6.07) is 0. The lowest BCUT2D eigenvalue weighted by molar-refractivity contribution is -0.0953. The molecule has 0 spiro atoms. The van der Waals surface area contributed by atoms with E-state index in [9.17, 15) is 9.59 Å². The fourth-order valence-electron chi connectivity index (χ4n) is 0.785. The second-order valence-electron chi connectivity index (χ2n) is 2.15. The summed E-state index contributed by atoms with van der Waals surface area (Å²) in [5.41, 5.74) is 0. The largest absolute Gasteiger partial charge is 0.507 e. The topological polar surface area (TPSA) is 105 Å². The minimum absolute atomic E-state index is 0.207. The summed E-state index contributed by atoms with van der Waals surface area (Å²) in [7, 11) is 0. The molecule has 3 N–H and O–H groups in total. The molecule has 0 aromatic heterocycles. The van der Waals surface area contributed by atoms with Gasteiger partial charge in [-0.25, -0.2) is 14.9 Å². The fraction of sp³-hybridized carbons (Fsp3) is 0.600. The number of nitrogens with one attached hydrogen (secondary N) is 1. The summed E-state index contributed by atoms with van der Waals surface area (Å²) in [6.45, 7) is 0. The molecular formula is C5H7NO6. The third-order valence-corrected chi connectivity index (χ3v) is 1.29. The van der Waals surface area contributed by atoms with E-state index in [1.807, 2.05) is 0 Å². The van der Waals surface area contributed by atoms with Gasteiger partial charge in [-0.05, 0) is 0 Å². The summed E-state index contributed by atoms with van der Waals surface area (Å²) >= 11 is 0. The van der Waals surface area contributed by atoms with Gasteiger partial charge in [-0.3, -0.25) is 0 Å². The van der Waals surface area contributed by atoms with Crippen molar-refractivity contribution < 1.29 is 29.3 Å². The molecule has 12 heavy (non-hydrogen) atoms. The molecule has 1 fully saturated rings. The van der Waals surface area contributed by atoms with Gasteiger partial charge in [0.2, 0.25) is 0 Å². The molecule has 0 radical (unpaired) electrons. The smallest absolute Gasteiger partial charge is 0.450 e. The Balaban J connectivity index is 2.11. The van der Waals surface area contributed by atoms with E-state index in [0.29, 0.717) is 0 Å². The lowest BCUT2D eigenvalue weighted by Gasteiger charge is -2.33. The van der Waals surface area contributed by atoms with Gasteiger partial charge < -0.3 is 19.7 Å². The standard InChI is InChI=1S/C5H7NO6/c7-4(8)11-2-1-3(6-2)12-5(9)10/h2-3,6H,1H2,(H,7,8)(H,9,10)/t2-,3+. The quantitative estimate of drug-likeness (QED) is 0.510. The first-order valence-corrected chi connectivity index (χ1v) is 3.13. The van der Waals surface area contributed by atoms with Crippen molar-refractivity contribution >= 4 is 12.3 Å². The summed E-state index contributed by atoms with van der Waals surface area (Å²) < 4.78 is 8.46. The highest BCUT2D eigenvalue weighted by atomic mass is 16.7. The molecule has 1 rings (SSSR count). The Hall–Kier alpha value is -1.50. The van der Waals surface area contributed by atoms with Crippen LogP contribution in [-0.4, -0.2) is 35.0 Å². The number of hydrogen-bond donors (Lipinski definition) is 3. The van der Waals surface area contributed by atoms with Gasteiger partial charge in [0.25, 0.3) is 0 Å². The number of carbonyl (C=O) groups is 2. The molecule has 0 saturated carbocycles. The van der Waals surface area contributed by atoms with Crippen LogP contribution in [0.1, 0.15) is 6.42 Å². The molecule has 0 aromatic rings. The maximum atomic E-state index is 9.91. The minimum atomic E-state index is -1.40. The molecule has 7 nitrogen and oxygen atoms in total. The molecule has 0 unspecified atom stereocenters. The highest BCUT2D eigenvalue weighted by Gasteiger charge is 2.33. The van der Waals surface area contributed by atoms with Crippen LogP contribution in [0.4, 0.5) is 9.59 Å². The van der Waals surface area contributed by atoms with Crippen molar-refractivity contribution in [3.63, 3.8) is 0 Å². The molecule has 0 aliphatic carbocycles. The van der Waals surface area contributed by atoms with Crippen LogP contribution in [0.3, 0.4) is 0 Å². The van der Waals surface area contributed by atoms with Crippen molar-refractivity contribution in [1.29, 1.82) is 0 Å². The first-order valence-electron chi connectivity index (χ1n) is 3.13. The third kappa shape index (κ3) is 2.27. The number of rotatable bonds is 2. The number of carboxylic acid groups (broad SMARTS) is 2. The second kappa shape index (κ2) is 3.26. The van der Waals surface area contributed by atoms with Crippen LogP contribution in [0.5, 0.6) is 0 Å². The summed E-state index contributed by atoms with van der Waals surface area (Å²) in [4.78, 5) is 19.8. The Morgan fingerprint density at radius 2 is 1.50 bits per heavy atom. The van der Waals surface area contributed by atoms with Gasteiger partial charge in [0, 0.05) is 6.42 Å². The number of hydrogen-bond acceptors (Lipinski definition) is 5. The van der Waals surface area contributed by atoms with Crippen LogP contribution in [0, 0.1) is 0 Å². The Labute approximate surface area is 66.9 Å². The van der Waals surface area contributed by atoms with Crippen molar-refractivity contribution in [2.24, 2.45) is 0 Å². The van der Waals surface area contributed by atoms with Crippen LogP contribution >= 0.6 is 0 Å². The van der Waals surface area contributed by atoms with Crippen LogP contribution in [0.15, 0.2) is 0 Å². The molecule has 1 heterocycles. The van der Waals surface area contributed by atoms with E-state index in [4.69, 9.17) is 10.2 Å². The average molecular weight is 177 g/mol. The molecule has 1 saturated heterocycles. The molecular weight excluding hydrogens is 170 g/mol. The van der Waals surface area contributed by atoms with Crippen LogP contribution in [0.2, 0.25) is 0 Å². The van der Waals surface area contributed by atoms with E-state index in [2.05, 4.69) is 14.8 Å². The zero-order valence-corrected chi connectivity index (χ0v) is 5.89. The van der Waals surface area contributed by atoms with Crippen molar-refractivity contribution in [2.45, 2.75) is 18.9 Å². The van der Waals surface area contributed by atoms with E-state index in [1.54, 1.807) is 0 Å². The van der Waals surface area contributed by atoms with Crippen molar-refractivity contribution in [3.8, 4) is 0 Å².